The van der Waals surface area contributed by atoms with Gasteiger partial charge in [-0.1, -0.05) is 6.07 Å². The van der Waals surface area contributed by atoms with Crippen molar-refractivity contribution >= 4 is 40.1 Å². The third-order valence-electron chi connectivity index (χ3n) is 6.38. The van der Waals surface area contributed by atoms with Crippen LogP contribution in [0.2, 0.25) is 0 Å². The molecule has 4 rings (SSSR count). The summed E-state index contributed by atoms with van der Waals surface area (Å²) in [5.41, 5.74) is 2.17. The first-order valence-electron chi connectivity index (χ1n) is 13.6. The van der Waals surface area contributed by atoms with Gasteiger partial charge >= 0.3 is 5.97 Å². The van der Waals surface area contributed by atoms with Crippen LogP contribution in [-0.4, -0.2) is 59.1 Å². The van der Waals surface area contributed by atoms with Crippen LogP contribution in [-0.2, 0) is 11.2 Å². The predicted octanol–water partition coefficient (Wildman–Crippen LogP) is 6.26. The average Bonchev–Trinajstić information content (AvgIpc) is 3.44. The van der Waals surface area contributed by atoms with Crippen LogP contribution < -0.4 is 23.7 Å². The smallest absolute Gasteiger partial charge is 0.336 e. The van der Waals surface area contributed by atoms with Crippen LogP contribution in [0.5, 0.6) is 28.7 Å². The fourth-order valence-electron chi connectivity index (χ4n) is 4.58. The second-order valence-electron chi connectivity index (χ2n) is 10.2. The van der Waals surface area contributed by atoms with Crippen LogP contribution in [0.25, 0.3) is 16.6 Å². The van der Waals surface area contributed by atoms with Gasteiger partial charge in [0.25, 0.3) is 0 Å². The molecule has 0 saturated heterocycles. The molecule has 0 aliphatic heterocycles. The molecule has 43 heavy (non-hydrogen) atoms. The van der Waals surface area contributed by atoms with Crippen LogP contribution in [0.4, 0.5) is 0 Å². The van der Waals surface area contributed by atoms with Crippen molar-refractivity contribution in [1.82, 2.24) is 8.75 Å². The molecule has 0 aliphatic carbocycles. The normalized spacial score (nSPS) is 11.8. The number of benzene rings is 3. The summed E-state index contributed by atoms with van der Waals surface area (Å²) in [4.78, 5) is 27.2. The van der Waals surface area contributed by atoms with E-state index in [2.05, 4.69) is 8.75 Å². The van der Waals surface area contributed by atoms with E-state index in [9.17, 15) is 14.7 Å². The Kier molecular flexibility index (Phi) is 9.87. The van der Waals surface area contributed by atoms with Gasteiger partial charge in [-0.05, 0) is 81.3 Å². The number of carboxylic acid groups (broad SMARTS) is 1. The number of nitrogens with zero attached hydrogens (tertiary/aromatic N) is 2. The Morgan fingerprint density at radius 3 is 2.00 bits per heavy atom. The molecule has 11 heteroatoms. The number of methoxy groups -OCH3 is 3. The summed E-state index contributed by atoms with van der Waals surface area (Å²) < 4.78 is 37.0. The Balaban J connectivity index is 1.96. The molecule has 10 nitrogen and oxygen atoms in total. The molecule has 0 unspecified atom stereocenters. The van der Waals surface area contributed by atoms with E-state index in [0.717, 1.165) is 11.7 Å². The highest BCUT2D eigenvalue weighted by Gasteiger charge is 2.27. The molecule has 3 aromatic carbocycles. The molecule has 0 fully saturated rings. The van der Waals surface area contributed by atoms with E-state index in [4.69, 9.17) is 23.7 Å². The first kappa shape index (κ1) is 31.3. The lowest BCUT2D eigenvalue weighted by molar-refractivity contribution is -0.130. The quantitative estimate of drug-likeness (QED) is 0.138. The molecule has 1 N–H and O–H groups in total. The van der Waals surface area contributed by atoms with E-state index in [1.54, 1.807) is 42.5 Å². The largest absolute Gasteiger partial charge is 0.493 e. The maximum Gasteiger partial charge on any atom is 0.336 e. The van der Waals surface area contributed by atoms with Crippen molar-refractivity contribution < 1.29 is 38.4 Å². The zero-order valence-corrected chi connectivity index (χ0v) is 25.9. The lowest BCUT2D eigenvalue weighted by Gasteiger charge is -2.21. The molecule has 1 aromatic heterocycles. The summed E-state index contributed by atoms with van der Waals surface area (Å²) in [6.07, 6.45) is -0.412. The number of ketones is 1. The summed E-state index contributed by atoms with van der Waals surface area (Å²) in [6, 6.07) is 13.1. The van der Waals surface area contributed by atoms with Gasteiger partial charge in [-0.2, -0.15) is 8.75 Å². The number of rotatable bonds is 13. The lowest BCUT2D eigenvalue weighted by atomic mass is 9.89. The average molecular weight is 607 g/mol. The number of allylic oxidation sites excluding steroid dienone is 1. The highest BCUT2D eigenvalue weighted by Crippen LogP contribution is 2.41. The number of aromatic nitrogens is 2. The summed E-state index contributed by atoms with van der Waals surface area (Å²) in [5, 5.41) is 10.5. The second kappa shape index (κ2) is 13.6. The lowest BCUT2D eigenvalue weighted by Crippen LogP contribution is -2.15. The number of ether oxygens (including phenoxy) is 5. The molecule has 0 saturated carbocycles. The molecule has 0 aliphatic rings. The molecule has 1 heterocycles. The monoisotopic (exact) mass is 606 g/mol. The van der Waals surface area contributed by atoms with Crippen LogP contribution in [0.1, 0.15) is 49.2 Å². The van der Waals surface area contributed by atoms with Gasteiger partial charge in [0.15, 0.2) is 28.8 Å². The van der Waals surface area contributed by atoms with Crippen LogP contribution in [0.3, 0.4) is 0 Å². The van der Waals surface area contributed by atoms with Gasteiger partial charge in [0.2, 0.25) is 5.75 Å². The Labute approximate surface area is 254 Å². The Morgan fingerprint density at radius 1 is 0.744 bits per heavy atom. The SMILES string of the molecule is COc1ccc(C(=O)/C(Cc2cc(OC)c(OC(C)C)c(OC(C)C)c2)=C(/C(=O)O)c2ccc3nsnc3c2)cc1OC. The molecule has 0 radical (unpaired) electrons. The van der Waals surface area contributed by atoms with Crippen LogP contribution >= 0.6 is 11.7 Å². The van der Waals surface area contributed by atoms with Crippen molar-refractivity contribution in [3.63, 3.8) is 0 Å². The molecule has 4 aromatic rings. The summed E-state index contributed by atoms with van der Waals surface area (Å²) in [7, 11) is 4.47. The number of carboxylic acids is 1. The zero-order chi connectivity index (χ0) is 31.3. The van der Waals surface area contributed by atoms with Crippen molar-refractivity contribution in [2.75, 3.05) is 21.3 Å². The topological polar surface area (TPSA) is 126 Å². The molecule has 0 amide bonds. The minimum Gasteiger partial charge on any atom is -0.493 e. The fourth-order valence-corrected chi connectivity index (χ4v) is 5.10. The van der Waals surface area contributed by atoms with Crippen molar-refractivity contribution in [3.8, 4) is 28.7 Å². The Morgan fingerprint density at radius 2 is 1.37 bits per heavy atom. The third-order valence-corrected chi connectivity index (χ3v) is 6.93. The van der Waals surface area contributed by atoms with Crippen molar-refractivity contribution in [2.24, 2.45) is 0 Å². The van der Waals surface area contributed by atoms with E-state index in [0.29, 0.717) is 50.9 Å². The third kappa shape index (κ3) is 7.06. The van der Waals surface area contributed by atoms with E-state index in [-0.39, 0.29) is 35.3 Å². The Bertz CT molecular complexity index is 1680. The first-order valence-corrected chi connectivity index (χ1v) is 14.3. The summed E-state index contributed by atoms with van der Waals surface area (Å²) in [6.45, 7) is 7.55. The minimum absolute atomic E-state index is 0.0392. The number of fused-ring (bicyclic) bond motifs is 1. The van der Waals surface area contributed by atoms with Crippen LogP contribution in [0.15, 0.2) is 54.1 Å². The summed E-state index contributed by atoms with van der Waals surface area (Å²) >= 11 is 1.02. The van der Waals surface area contributed by atoms with Gasteiger partial charge < -0.3 is 28.8 Å². The van der Waals surface area contributed by atoms with Gasteiger partial charge in [0.05, 0.1) is 50.8 Å². The van der Waals surface area contributed by atoms with Gasteiger partial charge in [0.1, 0.15) is 11.0 Å². The number of carbonyl (C=O) groups is 2. The summed E-state index contributed by atoms with van der Waals surface area (Å²) in [5.74, 6) is 0.245. The van der Waals surface area contributed by atoms with E-state index >= 15 is 0 Å². The molecular weight excluding hydrogens is 572 g/mol. The number of carbonyl (C=O) groups excluding carboxylic acids is 1. The Hall–Kier alpha value is -4.64. The van der Waals surface area contributed by atoms with E-state index < -0.39 is 11.8 Å². The van der Waals surface area contributed by atoms with Crippen molar-refractivity contribution in [3.05, 3.63) is 70.8 Å². The van der Waals surface area contributed by atoms with Gasteiger partial charge in [-0.3, -0.25) is 4.79 Å². The van der Waals surface area contributed by atoms with Crippen molar-refractivity contribution in [2.45, 2.75) is 46.3 Å². The first-order chi connectivity index (χ1) is 20.6. The number of hydrogen-bond donors (Lipinski definition) is 1. The molecule has 226 valence electrons. The standard InChI is InChI=1S/C32H34N2O8S/c1-17(2)41-28-14-19(13-27(40-7)31(28)42-18(3)4)12-22(30(35)21-9-11-25(38-5)26(16-21)39-6)29(32(36)37)20-8-10-23-24(15-20)34-43-33-23/h8-11,13-18H,12H2,1-7H3,(H,36,37)/b29-22+. The number of aliphatic carboxylic acids is 1. The van der Waals surface area contributed by atoms with Gasteiger partial charge in [0, 0.05) is 17.6 Å². The second-order valence-corrected chi connectivity index (χ2v) is 10.7. The van der Waals surface area contributed by atoms with E-state index in [1.165, 1.54) is 27.4 Å². The highest BCUT2D eigenvalue weighted by molar-refractivity contribution is 7.00. The number of Topliss-reactive ketones (excluding diaryl/α,β-unsaturated/α-hetero) is 1. The fraction of sp³-hybridized carbons (Fsp3) is 0.312. The number of hydrogen-bond acceptors (Lipinski definition) is 10. The molecular formula is C32H34N2O8S. The zero-order valence-electron chi connectivity index (χ0n) is 25.1. The molecule has 0 spiro atoms. The van der Waals surface area contributed by atoms with Gasteiger partial charge in [-0.15, -0.1) is 0 Å². The maximum absolute atomic E-state index is 14.2. The minimum atomic E-state index is -1.27. The molecule has 0 bridgehead atoms. The van der Waals surface area contributed by atoms with Crippen molar-refractivity contribution in [1.29, 1.82) is 0 Å². The van der Waals surface area contributed by atoms with Crippen LogP contribution in [0, 0.1) is 0 Å². The van der Waals surface area contributed by atoms with Gasteiger partial charge in [-0.25, -0.2) is 4.79 Å². The maximum atomic E-state index is 14.2. The molecule has 0 atom stereocenters. The van der Waals surface area contributed by atoms with E-state index in [1.807, 2.05) is 27.7 Å². The predicted molar refractivity (Wildman–Crippen MR) is 164 cm³/mol. The highest BCUT2D eigenvalue weighted by atomic mass is 32.1.